The summed E-state index contributed by atoms with van der Waals surface area (Å²) in [5.41, 5.74) is 6.29. The Labute approximate surface area is 182 Å². The summed E-state index contributed by atoms with van der Waals surface area (Å²) in [5.74, 6) is 1.14. The van der Waals surface area contributed by atoms with E-state index >= 15 is 0 Å². The number of aromatic nitrogens is 3. The van der Waals surface area contributed by atoms with Crippen molar-refractivity contribution in [2.75, 3.05) is 5.75 Å². The van der Waals surface area contributed by atoms with E-state index in [1.807, 2.05) is 36.7 Å². The number of rotatable bonds is 6. The van der Waals surface area contributed by atoms with Gasteiger partial charge in [0.05, 0.1) is 11.8 Å². The number of aryl methyl sites for hydroxylation is 3. The molecule has 0 unspecified atom stereocenters. The minimum Gasteiger partial charge on any atom is -0.349 e. The van der Waals surface area contributed by atoms with Crippen molar-refractivity contribution in [1.29, 1.82) is 0 Å². The summed E-state index contributed by atoms with van der Waals surface area (Å²) >= 11 is 1.41. The maximum Gasteiger partial charge on any atom is 0.230 e. The lowest BCUT2D eigenvalue weighted by molar-refractivity contribution is -0.119. The zero-order valence-corrected chi connectivity index (χ0v) is 18.6. The van der Waals surface area contributed by atoms with Gasteiger partial charge in [-0.2, -0.15) is 0 Å². The molecule has 1 aromatic heterocycles. The number of benzene rings is 2. The van der Waals surface area contributed by atoms with Gasteiger partial charge in [-0.05, 0) is 61.8 Å². The number of hydrogen-bond donors (Lipinski definition) is 1. The van der Waals surface area contributed by atoms with E-state index < -0.39 is 0 Å². The highest BCUT2D eigenvalue weighted by Gasteiger charge is 2.17. The molecule has 0 radical (unpaired) electrons. The summed E-state index contributed by atoms with van der Waals surface area (Å²) in [7, 11) is 1.94. The fourth-order valence-electron chi connectivity index (χ4n) is 4.02. The largest absolute Gasteiger partial charge is 0.349 e. The van der Waals surface area contributed by atoms with E-state index in [9.17, 15) is 4.79 Å². The van der Waals surface area contributed by atoms with Gasteiger partial charge >= 0.3 is 0 Å². The SMILES string of the molecule is Cc1ccccc1-c1nnc(SCC(=O)N[C@@H](C)c2ccc3c(c2)CCCC3)n1C. The van der Waals surface area contributed by atoms with Gasteiger partial charge in [0.1, 0.15) is 0 Å². The average molecular weight is 421 g/mol. The molecule has 1 heterocycles. The van der Waals surface area contributed by atoms with Crippen molar-refractivity contribution >= 4 is 17.7 Å². The first-order valence-corrected chi connectivity index (χ1v) is 11.5. The van der Waals surface area contributed by atoms with Gasteiger partial charge in [0, 0.05) is 12.6 Å². The Morgan fingerprint density at radius 1 is 1.13 bits per heavy atom. The summed E-state index contributed by atoms with van der Waals surface area (Å²) in [6, 6.07) is 14.8. The molecule has 156 valence electrons. The van der Waals surface area contributed by atoms with E-state index in [4.69, 9.17) is 0 Å². The third kappa shape index (κ3) is 4.43. The number of fused-ring (bicyclic) bond motifs is 1. The molecule has 2 aromatic carbocycles. The molecule has 1 N–H and O–H groups in total. The van der Waals surface area contributed by atoms with Crippen molar-refractivity contribution in [3.8, 4) is 11.4 Å². The Kier molecular flexibility index (Phi) is 6.23. The highest BCUT2D eigenvalue weighted by Crippen LogP contribution is 2.26. The molecular formula is C24H28N4OS. The van der Waals surface area contributed by atoms with Crippen LogP contribution in [-0.2, 0) is 24.7 Å². The van der Waals surface area contributed by atoms with Crippen LogP contribution in [0.4, 0.5) is 0 Å². The Morgan fingerprint density at radius 2 is 1.90 bits per heavy atom. The van der Waals surface area contributed by atoms with Crippen LogP contribution in [0, 0.1) is 6.92 Å². The number of amides is 1. The van der Waals surface area contributed by atoms with Crippen molar-refractivity contribution in [3.05, 3.63) is 64.7 Å². The summed E-state index contributed by atoms with van der Waals surface area (Å²) in [6.45, 7) is 4.11. The quantitative estimate of drug-likeness (QED) is 0.590. The fourth-order valence-corrected chi connectivity index (χ4v) is 4.74. The standard InChI is InChI=1S/C24H28N4OS/c1-16-8-4-7-11-21(16)23-26-27-24(28(23)3)30-15-22(29)25-17(2)19-13-12-18-9-5-6-10-20(18)14-19/h4,7-8,11-14,17H,5-6,9-10,15H2,1-3H3,(H,25,29)/t17-/m0/s1. The zero-order valence-electron chi connectivity index (χ0n) is 17.8. The molecule has 4 rings (SSSR count). The van der Waals surface area contributed by atoms with E-state index in [2.05, 4.69) is 46.7 Å². The molecule has 1 aliphatic rings. The molecule has 0 saturated heterocycles. The lowest BCUT2D eigenvalue weighted by Gasteiger charge is -2.20. The van der Waals surface area contributed by atoms with Gasteiger partial charge in [-0.3, -0.25) is 4.79 Å². The van der Waals surface area contributed by atoms with Gasteiger partial charge in [-0.25, -0.2) is 0 Å². The van der Waals surface area contributed by atoms with Gasteiger partial charge < -0.3 is 9.88 Å². The van der Waals surface area contributed by atoms with E-state index in [0.717, 1.165) is 28.5 Å². The summed E-state index contributed by atoms with van der Waals surface area (Å²) in [5, 5.41) is 12.5. The molecule has 0 aliphatic heterocycles. The van der Waals surface area contributed by atoms with E-state index in [0.29, 0.717) is 5.75 Å². The van der Waals surface area contributed by atoms with Crippen LogP contribution in [0.1, 0.15) is 48.1 Å². The molecule has 0 spiro atoms. The lowest BCUT2D eigenvalue weighted by Crippen LogP contribution is -2.28. The van der Waals surface area contributed by atoms with Crippen LogP contribution in [-0.4, -0.2) is 26.4 Å². The second kappa shape index (κ2) is 9.04. The van der Waals surface area contributed by atoms with Gasteiger partial charge in [-0.15, -0.1) is 10.2 Å². The van der Waals surface area contributed by atoms with Gasteiger partial charge in [0.15, 0.2) is 11.0 Å². The zero-order chi connectivity index (χ0) is 21.1. The number of nitrogens with zero attached hydrogens (tertiary/aromatic N) is 3. The first-order valence-electron chi connectivity index (χ1n) is 10.5. The van der Waals surface area contributed by atoms with Crippen molar-refractivity contribution in [2.45, 2.75) is 50.7 Å². The third-order valence-electron chi connectivity index (χ3n) is 5.80. The Bertz CT molecular complexity index is 1060. The molecule has 30 heavy (non-hydrogen) atoms. The summed E-state index contributed by atoms with van der Waals surface area (Å²) in [6.07, 6.45) is 4.86. The van der Waals surface area contributed by atoms with Crippen molar-refractivity contribution in [3.63, 3.8) is 0 Å². The van der Waals surface area contributed by atoms with Crippen LogP contribution < -0.4 is 5.32 Å². The Morgan fingerprint density at radius 3 is 2.70 bits per heavy atom. The predicted octanol–water partition coefficient (Wildman–Crippen LogP) is 4.64. The molecular weight excluding hydrogens is 392 g/mol. The number of carbonyl (C=O) groups is 1. The topological polar surface area (TPSA) is 59.8 Å². The molecule has 0 saturated carbocycles. The monoisotopic (exact) mass is 420 g/mol. The van der Waals surface area contributed by atoms with Crippen LogP contribution in [0.5, 0.6) is 0 Å². The number of hydrogen-bond acceptors (Lipinski definition) is 4. The van der Waals surface area contributed by atoms with Gasteiger partial charge in [-0.1, -0.05) is 54.2 Å². The maximum absolute atomic E-state index is 12.5. The summed E-state index contributed by atoms with van der Waals surface area (Å²) in [4.78, 5) is 12.5. The van der Waals surface area contributed by atoms with Gasteiger partial charge in [0.2, 0.25) is 5.91 Å². The highest BCUT2D eigenvalue weighted by molar-refractivity contribution is 7.99. The second-order valence-electron chi connectivity index (χ2n) is 7.99. The van der Waals surface area contributed by atoms with Crippen molar-refractivity contribution < 1.29 is 4.79 Å². The van der Waals surface area contributed by atoms with E-state index in [1.54, 1.807) is 0 Å². The first kappa shape index (κ1) is 20.7. The molecule has 1 aliphatic carbocycles. The Balaban J connectivity index is 1.37. The van der Waals surface area contributed by atoms with Crippen LogP contribution in [0.3, 0.4) is 0 Å². The van der Waals surface area contributed by atoms with Gasteiger partial charge in [0.25, 0.3) is 0 Å². The number of nitrogens with one attached hydrogen (secondary N) is 1. The molecule has 3 aromatic rings. The normalized spacial score (nSPS) is 14.2. The second-order valence-corrected chi connectivity index (χ2v) is 8.94. The number of carbonyl (C=O) groups excluding carboxylic acids is 1. The van der Waals surface area contributed by atoms with Crippen molar-refractivity contribution in [2.24, 2.45) is 7.05 Å². The van der Waals surface area contributed by atoms with Crippen LogP contribution >= 0.6 is 11.8 Å². The van der Waals surface area contributed by atoms with E-state index in [-0.39, 0.29) is 11.9 Å². The minimum absolute atomic E-state index is 0.00524. The molecule has 6 heteroatoms. The molecule has 5 nitrogen and oxygen atoms in total. The third-order valence-corrected chi connectivity index (χ3v) is 6.82. The van der Waals surface area contributed by atoms with E-state index in [1.165, 1.54) is 47.7 Å². The molecule has 0 fully saturated rings. The molecule has 1 atom stereocenters. The van der Waals surface area contributed by atoms with Crippen molar-refractivity contribution in [1.82, 2.24) is 20.1 Å². The molecule has 0 bridgehead atoms. The first-order chi connectivity index (χ1) is 14.5. The average Bonchev–Trinajstić information content (AvgIpc) is 3.12. The molecule has 1 amide bonds. The van der Waals surface area contributed by atoms with Crippen LogP contribution in [0.2, 0.25) is 0 Å². The fraction of sp³-hybridized carbons (Fsp3) is 0.375. The van der Waals surface area contributed by atoms with Crippen LogP contribution in [0.15, 0.2) is 47.6 Å². The maximum atomic E-state index is 12.5. The highest BCUT2D eigenvalue weighted by atomic mass is 32.2. The summed E-state index contributed by atoms with van der Waals surface area (Å²) < 4.78 is 1.95. The Hall–Kier alpha value is -2.60. The van der Waals surface area contributed by atoms with Crippen LogP contribution in [0.25, 0.3) is 11.4 Å². The lowest BCUT2D eigenvalue weighted by atomic mass is 9.89. The smallest absolute Gasteiger partial charge is 0.230 e. The number of thioether (sulfide) groups is 1. The predicted molar refractivity (Wildman–Crippen MR) is 122 cm³/mol. The minimum atomic E-state index is -0.00708.